The summed E-state index contributed by atoms with van der Waals surface area (Å²) in [6, 6.07) is 6.19. The molecule has 0 aliphatic heterocycles. The van der Waals surface area contributed by atoms with E-state index in [-0.39, 0.29) is 6.61 Å². The smallest absolute Gasteiger partial charge is 0.165 e. The zero-order valence-corrected chi connectivity index (χ0v) is 11.6. The minimum Gasteiger partial charge on any atom is -0.493 e. The van der Waals surface area contributed by atoms with Gasteiger partial charge in [-0.3, -0.25) is 0 Å². The van der Waals surface area contributed by atoms with E-state index in [0.717, 1.165) is 5.56 Å². The monoisotopic (exact) mass is 253 g/mol. The Morgan fingerprint density at radius 3 is 2.56 bits per heavy atom. The molecule has 2 N–H and O–H groups in total. The van der Waals surface area contributed by atoms with Crippen molar-refractivity contribution in [3.8, 4) is 11.5 Å². The van der Waals surface area contributed by atoms with E-state index < -0.39 is 6.10 Å². The summed E-state index contributed by atoms with van der Waals surface area (Å²) in [5.74, 6) is 1.40. The van der Waals surface area contributed by atoms with E-state index in [1.165, 1.54) is 0 Å². The molecule has 0 radical (unpaired) electrons. The fourth-order valence-corrected chi connectivity index (χ4v) is 1.54. The fraction of sp³-hybridized carbons (Fsp3) is 0.571. The molecule has 0 saturated carbocycles. The molecule has 0 fully saturated rings. The molecule has 102 valence electrons. The van der Waals surface area contributed by atoms with Gasteiger partial charge in [-0.05, 0) is 13.0 Å². The van der Waals surface area contributed by atoms with Crippen LogP contribution in [0.25, 0.3) is 0 Å². The molecule has 1 atom stereocenters. The van der Waals surface area contributed by atoms with Gasteiger partial charge < -0.3 is 19.9 Å². The molecule has 1 unspecified atom stereocenters. The van der Waals surface area contributed by atoms with Crippen molar-refractivity contribution in [2.45, 2.75) is 39.5 Å². The molecule has 0 bridgehead atoms. The quantitative estimate of drug-likeness (QED) is 0.780. The van der Waals surface area contributed by atoms with Crippen LogP contribution in [0, 0.1) is 0 Å². The SMILES string of the molecule is COc1cccc(CNC(C)C)c1OCC(C)O. The molecular weight excluding hydrogens is 230 g/mol. The highest BCUT2D eigenvalue weighted by molar-refractivity contribution is 5.46. The van der Waals surface area contributed by atoms with Crippen molar-refractivity contribution in [3.05, 3.63) is 23.8 Å². The van der Waals surface area contributed by atoms with Crippen molar-refractivity contribution in [2.24, 2.45) is 0 Å². The third kappa shape index (κ3) is 4.55. The second-order valence-electron chi connectivity index (χ2n) is 4.64. The van der Waals surface area contributed by atoms with Gasteiger partial charge in [0.25, 0.3) is 0 Å². The lowest BCUT2D eigenvalue weighted by Crippen LogP contribution is -2.23. The number of aliphatic hydroxyl groups is 1. The molecule has 4 heteroatoms. The minimum absolute atomic E-state index is 0.259. The highest BCUT2D eigenvalue weighted by Crippen LogP contribution is 2.31. The number of hydrogen-bond acceptors (Lipinski definition) is 4. The molecule has 0 aliphatic rings. The summed E-state index contributed by atoms with van der Waals surface area (Å²) >= 11 is 0. The largest absolute Gasteiger partial charge is 0.493 e. The van der Waals surface area contributed by atoms with Gasteiger partial charge in [0.2, 0.25) is 0 Å². The van der Waals surface area contributed by atoms with Crippen LogP contribution >= 0.6 is 0 Å². The van der Waals surface area contributed by atoms with E-state index in [1.54, 1.807) is 14.0 Å². The summed E-state index contributed by atoms with van der Waals surface area (Å²) < 4.78 is 10.9. The van der Waals surface area contributed by atoms with Crippen LogP contribution in [0.1, 0.15) is 26.3 Å². The Bertz CT molecular complexity index is 364. The summed E-state index contributed by atoms with van der Waals surface area (Å²) in [5.41, 5.74) is 1.03. The molecule has 18 heavy (non-hydrogen) atoms. The number of benzene rings is 1. The Morgan fingerprint density at radius 2 is 2.00 bits per heavy atom. The maximum Gasteiger partial charge on any atom is 0.165 e. The van der Waals surface area contributed by atoms with Gasteiger partial charge in [-0.25, -0.2) is 0 Å². The van der Waals surface area contributed by atoms with Crippen LogP contribution in [0.2, 0.25) is 0 Å². The van der Waals surface area contributed by atoms with Gasteiger partial charge in [-0.1, -0.05) is 26.0 Å². The van der Waals surface area contributed by atoms with Crippen LogP contribution in [-0.2, 0) is 6.54 Å². The number of methoxy groups -OCH3 is 1. The predicted octanol–water partition coefficient (Wildman–Crippen LogP) is 1.95. The lowest BCUT2D eigenvalue weighted by molar-refractivity contribution is 0.120. The third-order valence-corrected chi connectivity index (χ3v) is 2.45. The lowest BCUT2D eigenvalue weighted by Gasteiger charge is -2.17. The Morgan fingerprint density at radius 1 is 1.28 bits per heavy atom. The molecule has 0 saturated heterocycles. The molecular formula is C14H23NO3. The Balaban J connectivity index is 2.85. The van der Waals surface area contributed by atoms with Crippen LogP contribution < -0.4 is 14.8 Å². The molecule has 4 nitrogen and oxygen atoms in total. The third-order valence-electron chi connectivity index (χ3n) is 2.45. The van der Waals surface area contributed by atoms with E-state index in [4.69, 9.17) is 9.47 Å². The van der Waals surface area contributed by atoms with Gasteiger partial charge in [-0.2, -0.15) is 0 Å². The van der Waals surface area contributed by atoms with Crippen molar-refractivity contribution in [1.29, 1.82) is 0 Å². The zero-order chi connectivity index (χ0) is 13.5. The number of para-hydroxylation sites is 1. The first-order chi connectivity index (χ1) is 8.54. The van der Waals surface area contributed by atoms with E-state index in [2.05, 4.69) is 19.2 Å². The number of aliphatic hydroxyl groups excluding tert-OH is 1. The van der Waals surface area contributed by atoms with Crippen LogP contribution in [-0.4, -0.2) is 31.0 Å². The van der Waals surface area contributed by atoms with Crippen molar-refractivity contribution < 1.29 is 14.6 Å². The Labute approximate surface area is 109 Å². The fourth-order valence-electron chi connectivity index (χ4n) is 1.54. The van der Waals surface area contributed by atoms with Gasteiger partial charge in [0.05, 0.1) is 13.2 Å². The van der Waals surface area contributed by atoms with Crippen molar-refractivity contribution in [3.63, 3.8) is 0 Å². The summed E-state index contributed by atoms with van der Waals surface area (Å²) in [5, 5.41) is 12.6. The van der Waals surface area contributed by atoms with Gasteiger partial charge in [0, 0.05) is 18.2 Å². The number of ether oxygens (including phenoxy) is 2. The molecule has 1 aromatic carbocycles. The first-order valence-corrected chi connectivity index (χ1v) is 6.24. The lowest BCUT2D eigenvalue weighted by atomic mass is 10.1. The highest BCUT2D eigenvalue weighted by Gasteiger charge is 2.11. The molecule has 0 aromatic heterocycles. The Kier molecular flexibility index (Phi) is 5.95. The molecule has 0 heterocycles. The minimum atomic E-state index is -0.499. The van der Waals surface area contributed by atoms with Gasteiger partial charge >= 0.3 is 0 Å². The Hall–Kier alpha value is -1.26. The zero-order valence-electron chi connectivity index (χ0n) is 11.6. The van der Waals surface area contributed by atoms with Crippen LogP contribution in [0.5, 0.6) is 11.5 Å². The average Bonchev–Trinajstić information content (AvgIpc) is 2.33. The van der Waals surface area contributed by atoms with Crippen molar-refractivity contribution >= 4 is 0 Å². The maximum atomic E-state index is 9.30. The van der Waals surface area contributed by atoms with Gasteiger partial charge in [-0.15, -0.1) is 0 Å². The first kappa shape index (κ1) is 14.8. The summed E-state index contributed by atoms with van der Waals surface area (Å²) in [6.45, 7) is 6.85. The van der Waals surface area contributed by atoms with Gasteiger partial charge in [0.15, 0.2) is 11.5 Å². The molecule has 0 amide bonds. The van der Waals surface area contributed by atoms with E-state index in [0.29, 0.717) is 24.1 Å². The van der Waals surface area contributed by atoms with E-state index in [9.17, 15) is 5.11 Å². The number of rotatable bonds is 7. The van der Waals surface area contributed by atoms with Crippen LogP contribution in [0.4, 0.5) is 0 Å². The highest BCUT2D eigenvalue weighted by atomic mass is 16.5. The normalized spacial score (nSPS) is 12.6. The second kappa shape index (κ2) is 7.24. The van der Waals surface area contributed by atoms with Crippen molar-refractivity contribution in [1.82, 2.24) is 5.32 Å². The van der Waals surface area contributed by atoms with E-state index in [1.807, 2.05) is 18.2 Å². The summed E-state index contributed by atoms with van der Waals surface area (Å²) in [7, 11) is 1.62. The average molecular weight is 253 g/mol. The number of nitrogens with one attached hydrogen (secondary N) is 1. The topological polar surface area (TPSA) is 50.7 Å². The van der Waals surface area contributed by atoms with Crippen LogP contribution in [0.3, 0.4) is 0 Å². The van der Waals surface area contributed by atoms with Crippen molar-refractivity contribution in [2.75, 3.05) is 13.7 Å². The number of hydrogen-bond donors (Lipinski definition) is 2. The first-order valence-electron chi connectivity index (χ1n) is 6.24. The standard InChI is InChI=1S/C14H23NO3/c1-10(2)15-8-12-6-5-7-13(17-4)14(12)18-9-11(3)16/h5-7,10-11,15-16H,8-9H2,1-4H3. The van der Waals surface area contributed by atoms with Gasteiger partial charge in [0.1, 0.15) is 6.61 Å². The summed E-state index contributed by atoms with van der Waals surface area (Å²) in [6.07, 6.45) is -0.499. The summed E-state index contributed by atoms with van der Waals surface area (Å²) in [4.78, 5) is 0. The molecule has 0 aliphatic carbocycles. The predicted molar refractivity (Wildman–Crippen MR) is 72.1 cm³/mol. The molecule has 1 aromatic rings. The molecule has 1 rings (SSSR count). The van der Waals surface area contributed by atoms with Crippen LogP contribution in [0.15, 0.2) is 18.2 Å². The second-order valence-corrected chi connectivity index (χ2v) is 4.64. The maximum absolute atomic E-state index is 9.30. The molecule has 0 spiro atoms. The van der Waals surface area contributed by atoms with E-state index >= 15 is 0 Å².